The number of aromatic nitrogens is 2. The number of rotatable bonds is 1. The first-order chi connectivity index (χ1) is 6.93. The number of thioether (sulfide) groups is 1. The van der Waals surface area contributed by atoms with Gasteiger partial charge in [0.1, 0.15) is 5.82 Å². The van der Waals surface area contributed by atoms with Gasteiger partial charge in [-0.1, -0.05) is 0 Å². The quantitative estimate of drug-likeness (QED) is 0.753. The molecule has 1 saturated heterocycles. The topological polar surface area (TPSA) is 37.8 Å². The van der Waals surface area contributed by atoms with Crippen LogP contribution in [0.4, 0.5) is 0 Å². The maximum atomic E-state index is 4.66. The summed E-state index contributed by atoms with van der Waals surface area (Å²) in [5, 5.41) is 3.35. The Labute approximate surface area is 87.7 Å². The van der Waals surface area contributed by atoms with E-state index < -0.39 is 0 Å². The van der Waals surface area contributed by atoms with Crippen LogP contribution in [0, 0.1) is 0 Å². The molecule has 1 fully saturated rings. The van der Waals surface area contributed by atoms with Crippen LogP contribution in [0.5, 0.6) is 0 Å². The molecule has 1 aromatic rings. The zero-order chi connectivity index (χ0) is 9.38. The first kappa shape index (κ1) is 8.68. The molecule has 1 unspecified atom stereocenters. The van der Waals surface area contributed by atoms with Crippen LogP contribution < -0.4 is 5.32 Å². The van der Waals surface area contributed by atoms with Crippen LogP contribution in [0.25, 0.3) is 0 Å². The number of nitrogens with one attached hydrogen (secondary N) is 1. The van der Waals surface area contributed by atoms with Crippen molar-refractivity contribution in [1.29, 1.82) is 0 Å². The normalized spacial score (nSPS) is 25.3. The molecule has 74 valence electrons. The van der Waals surface area contributed by atoms with E-state index in [-0.39, 0.29) is 0 Å². The molecule has 1 N–H and O–H groups in total. The van der Waals surface area contributed by atoms with Crippen molar-refractivity contribution in [3.8, 4) is 0 Å². The lowest BCUT2D eigenvalue weighted by atomic mass is 10.1. The molecule has 4 heteroatoms. The van der Waals surface area contributed by atoms with E-state index in [0.29, 0.717) is 5.92 Å². The molecule has 2 aliphatic rings. The average molecular weight is 207 g/mol. The fraction of sp³-hybridized carbons (Fsp3) is 0.600. The summed E-state index contributed by atoms with van der Waals surface area (Å²) in [5.74, 6) is 3.77. The smallest absolute Gasteiger partial charge is 0.132 e. The number of fused-ring (bicyclic) bond motifs is 1. The van der Waals surface area contributed by atoms with Gasteiger partial charge in [0.05, 0.1) is 5.69 Å². The highest BCUT2D eigenvalue weighted by molar-refractivity contribution is 7.98. The molecule has 0 spiro atoms. The minimum Gasteiger partial charge on any atom is -0.316 e. The average Bonchev–Trinajstić information content (AvgIpc) is 2.88. The van der Waals surface area contributed by atoms with Crippen molar-refractivity contribution in [2.45, 2.75) is 23.8 Å². The van der Waals surface area contributed by atoms with Crippen molar-refractivity contribution in [1.82, 2.24) is 15.3 Å². The molecular weight excluding hydrogens is 194 g/mol. The summed E-state index contributed by atoms with van der Waals surface area (Å²) in [6.45, 7) is 2.16. The van der Waals surface area contributed by atoms with Gasteiger partial charge in [0, 0.05) is 35.7 Å². The molecule has 0 amide bonds. The zero-order valence-electron chi connectivity index (χ0n) is 7.99. The lowest BCUT2D eigenvalue weighted by Gasteiger charge is -2.07. The maximum absolute atomic E-state index is 4.66. The van der Waals surface area contributed by atoms with Crippen molar-refractivity contribution < 1.29 is 0 Å². The van der Waals surface area contributed by atoms with E-state index in [2.05, 4.69) is 15.3 Å². The molecule has 3 nitrogen and oxygen atoms in total. The van der Waals surface area contributed by atoms with Crippen LogP contribution in [-0.4, -0.2) is 23.1 Å². The minimum absolute atomic E-state index is 0.547. The highest BCUT2D eigenvalue weighted by atomic mass is 32.2. The highest BCUT2D eigenvalue weighted by Gasteiger charge is 2.21. The summed E-state index contributed by atoms with van der Waals surface area (Å²) in [6.07, 6.45) is 3.21. The molecule has 14 heavy (non-hydrogen) atoms. The minimum atomic E-state index is 0.547. The molecule has 2 aliphatic heterocycles. The molecule has 0 radical (unpaired) electrons. The Hall–Kier alpha value is -0.610. The molecule has 0 saturated carbocycles. The molecule has 0 aliphatic carbocycles. The van der Waals surface area contributed by atoms with Crippen LogP contribution in [0.1, 0.15) is 29.4 Å². The van der Waals surface area contributed by atoms with Gasteiger partial charge in [-0.05, 0) is 13.0 Å². The molecule has 0 aromatic carbocycles. The first-order valence-electron chi connectivity index (χ1n) is 5.06. The Kier molecular flexibility index (Phi) is 2.18. The van der Waals surface area contributed by atoms with Crippen LogP contribution in [0.15, 0.2) is 6.20 Å². The van der Waals surface area contributed by atoms with Crippen LogP contribution in [-0.2, 0) is 11.5 Å². The third-order valence-electron chi connectivity index (χ3n) is 2.89. The number of hydrogen-bond acceptors (Lipinski definition) is 4. The second-order valence-corrected chi connectivity index (χ2v) is 4.87. The van der Waals surface area contributed by atoms with E-state index in [1.54, 1.807) is 0 Å². The van der Waals surface area contributed by atoms with Crippen LogP contribution in [0.2, 0.25) is 0 Å². The van der Waals surface area contributed by atoms with E-state index in [9.17, 15) is 0 Å². The Morgan fingerprint density at radius 3 is 3.29 bits per heavy atom. The van der Waals surface area contributed by atoms with Crippen molar-refractivity contribution in [3.05, 3.63) is 23.3 Å². The maximum Gasteiger partial charge on any atom is 0.132 e. The first-order valence-corrected chi connectivity index (χ1v) is 6.22. The Morgan fingerprint density at radius 1 is 1.43 bits per heavy atom. The summed E-state index contributed by atoms with van der Waals surface area (Å²) >= 11 is 1.94. The second-order valence-electron chi connectivity index (χ2n) is 3.88. The monoisotopic (exact) mass is 207 g/mol. The Balaban J connectivity index is 1.91. The van der Waals surface area contributed by atoms with Crippen molar-refractivity contribution in [3.63, 3.8) is 0 Å². The van der Waals surface area contributed by atoms with E-state index in [1.807, 2.05) is 18.0 Å². The summed E-state index contributed by atoms with van der Waals surface area (Å²) < 4.78 is 0. The lowest BCUT2D eigenvalue weighted by Crippen LogP contribution is -2.11. The van der Waals surface area contributed by atoms with E-state index in [0.717, 1.165) is 30.4 Å². The molecule has 3 heterocycles. The SMILES string of the molecule is c1nc(C2CCNC2)nc2c1CSC2. The predicted molar refractivity (Wildman–Crippen MR) is 57.3 cm³/mol. The molecule has 3 rings (SSSR count). The van der Waals surface area contributed by atoms with Crippen molar-refractivity contribution in [2.75, 3.05) is 13.1 Å². The lowest BCUT2D eigenvalue weighted by molar-refractivity contribution is 0.695. The van der Waals surface area contributed by atoms with E-state index >= 15 is 0 Å². The van der Waals surface area contributed by atoms with E-state index in [1.165, 1.54) is 17.7 Å². The summed E-state index contributed by atoms with van der Waals surface area (Å²) in [7, 11) is 0. The molecule has 1 aromatic heterocycles. The van der Waals surface area contributed by atoms with Gasteiger partial charge in [-0.25, -0.2) is 9.97 Å². The van der Waals surface area contributed by atoms with Crippen LogP contribution >= 0.6 is 11.8 Å². The summed E-state index contributed by atoms with van der Waals surface area (Å²) in [6, 6.07) is 0. The number of hydrogen-bond donors (Lipinski definition) is 1. The van der Waals surface area contributed by atoms with Crippen molar-refractivity contribution >= 4 is 11.8 Å². The Bertz CT molecular complexity index is 347. The fourth-order valence-corrected chi connectivity index (χ4v) is 3.04. The zero-order valence-corrected chi connectivity index (χ0v) is 8.81. The summed E-state index contributed by atoms with van der Waals surface area (Å²) in [4.78, 5) is 9.13. The third-order valence-corrected chi connectivity index (χ3v) is 3.89. The van der Waals surface area contributed by atoms with Gasteiger partial charge in [0.15, 0.2) is 0 Å². The van der Waals surface area contributed by atoms with E-state index in [4.69, 9.17) is 0 Å². The van der Waals surface area contributed by atoms with Gasteiger partial charge < -0.3 is 5.32 Å². The van der Waals surface area contributed by atoms with Gasteiger partial charge in [-0.2, -0.15) is 11.8 Å². The van der Waals surface area contributed by atoms with Crippen LogP contribution in [0.3, 0.4) is 0 Å². The predicted octanol–water partition coefficient (Wildman–Crippen LogP) is 1.30. The largest absolute Gasteiger partial charge is 0.316 e. The van der Waals surface area contributed by atoms with Gasteiger partial charge in [0.2, 0.25) is 0 Å². The summed E-state index contributed by atoms with van der Waals surface area (Å²) in [5.41, 5.74) is 2.61. The Morgan fingerprint density at radius 2 is 2.43 bits per heavy atom. The van der Waals surface area contributed by atoms with Gasteiger partial charge >= 0.3 is 0 Å². The highest BCUT2D eigenvalue weighted by Crippen LogP contribution is 2.29. The molecule has 0 bridgehead atoms. The van der Waals surface area contributed by atoms with Gasteiger partial charge in [-0.3, -0.25) is 0 Å². The standard InChI is InChI=1S/C10H13N3S/c1-2-11-3-7(1)10-12-4-8-5-14-6-9(8)13-10/h4,7,11H,1-3,5-6H2. The molecular formula is C10H13N3S. The second kappa shape index (κ2) is 3.51. The molecule has 1 atom stereocenters. The third kappa shape index (κ3) is 1.42. The van der Waals surface area contributed by atoms with Gasteiger partial charge in [0.25, 0.3) is 0 Å². The van der Waals surface area contributed by atoms with Crippen molar-refractivity contribution in [2.24, 2.45) is 0 Å². The van der Waals surface area contributed by atoms with Gasteiger partial charge in [-0.15, -0.1) is 0 Å². The number of nitrogens with zero attached hydrogens (tertiary/aromatic N) is 2. The fourth-order valence-electron chi connectivity index (χ4n) is 2.03.